The summed E-state index contributed by atoms with van der Waals surface area (Å²) in [6, 6.07) is 3.15. The third kappa shape index (κ3) is 10.4. The molecule has 0 fully saturated rings. The standard InChI is InChI=1S/C22H33ClN2O6/c1-13-10-15(7-6-14(2)20(27)28)19(23)17(11-13)30-12-16(8-9-18(24)26)25-21(29)31-22(3,4)5/h10-11,14,16H,6-9,12H2,1-5H3,(H2,24,26)(H,25,29)(H,27,28)/t14-,16-/m0/s1. The minimum Gasteiger partial charge on any atom is -0.490 e. The van der Waals surface area contributed by atoms with E-state index in [4.69, 9.17) is 31.9 Å². The van der Waals surface area contributed by atoms with Crippen LogP contribution in [0.3, 0.4) is 0 Å². The summed E-state index contributed by atoms with van der Waals surface area (Å²) < 4.78 is 11.1. The molecule has 1 aromatic carbocycles. The second kappa shape index (κ2) is 11.8. The van der Waals surface area contributed by atoms with Crippen LogP contribution in [0.4, 0.5) is 4.79 Å². The van der Waals surface area contributed by atoms with Gasteiger partial charge in [-0.05, 0) is 64.2 Å². The van der Waals surface area contributed by atoms with Crippen molar-refractivity contribution in [3.8, 4) is 5.75 Å². The van der Waals surface area contributed by atoms with E-state index in [1.54, 1.807) is 33.8 Å². The van der Waals surface area contributed by atoms with Crippen LogP contribution < -0.4 is 15.8 Å². The lowest BCUT2D eigenvalue weighted by Gasteiger charge is -2.24. The van der Waals surface area contributed by atoms with Crippen molar-refractivity contribution in [3.05, 3.63) is 28.3 Å². The van der Waals surface area contributed by atoms with Crippen LogP contribution in [-0.4, -0.2) is 41.3 Å². The summed E-state index contributed by atoms with van der Waals surface area (Å²) in [7, 11) is 0. The first-order valence-corrected chi connectivity index (χ1v) is 10.6. The Hall–Kier alpha value is -2.48. The Labute approximate surface area is 188 Å². The molecule has 2 amide bonds. The van der Waals surface area contributed by atoms with Crippen LogP contribution in [0.15, 0.2) is 12.1 Å². The summed E-state index contributed by atoms with van der Waals surface area (Å²) in [5, 5.41) is 12.2. The highest BCUT2D eigenvalue weighted by molar-refractivity contribution is 6.32. The molecule has 0 aliphatic carbocycles. The van der Waals surface area contributed by atoms with Gasteiger partial charge in [0.25, 0.3) is 0 Å². The van der Waals surface area contributed by atoms with E-state index in [1.807, 2.05) is 13.0 Å². The molecule has 1 rings (SSSR count). The highest BCUT2D eigenvalue weighted by Gasteiger charge is 2.21. The van der Waals surface area contributed by atoms with Gasteiger partial charge in [-0.15, -0.1) is 0 Å². The SMILES string of the molecule is Cc1cc(CC[C@H](C)C(=O)O)c(Cl)c(OC[C@H](CCC(N)=O)NC(=O)OC(C)(C)C)c1. The first-order chi connectivity index (χ1) is 14.3. The number of hydrogen-bond donors (Lipinski definition) is 3. The number of halogens is 1. The lowest BCUT2D eigenvalue weighted by Crippen LogP contribution is -2.42. The third-order valence-corrected chi connectivity index (χ3v) is 4.86. The van der Waals surface area contributed by atoms with Crippen LogP contribution in [0.5, 0.6) is 5.75 Å². The largest absolute Gasteiger partial charge is 0.490 e. The third-order valence-electron chi connectivity index (χ3n) is 4.43. The lowest BCUT2D eigenvalue weighted by molar-refractivity contribution is -0.141. The van der Waals surface area contributed by atoms with Crippen LogP contribution in [0, 0.1) is 12.8 Å². The second-order valence-electron chi connectivity index (χ2n) is 8.67. The van der Waals surface area contributed by atoms with Gasteiger partial charge in [-0.25, -0.2) is 4.79 Å². The van der Waals surface area contributed by atoms with E-state index in [9.17, 15) is 14.4 Å². The Morgan fingerprint density at radius 2 is 1.87 bits per heavy atom. The molecule has 0 aliphatic heterocycles. The fourth-order valence-electron chi connectivity index (χ4n) is 2.77. The number of primary amides is 1. The topological polar surface area (TPSA) is 128 Å². The zero-order chi connectivity index (χ0) is 23.8. The van der Waals surface area contributed by atoms with Gasteiger partial charge in [0, 0.05) is 6.42 Å². The van der Waals surface area contributed by atoms with E-state index in [1.165, 1.54) is 0 Å². The summed E-state index contributed by atoms with van der Waals surface area (Å²) in [4.78, 5) is 34.4. The van der Waals surface area contributed by atoms with E-state index < -0.39 is 35.5 Å². The maximum absolute atomic E-state index is 12.1. The van der Waals surface area contributed by atoms with E-state index in [-0.39, 0.29) is 19.4 Å². The molecule has 0 unspecified atom stereocenters. The quantitative estimate of drug-likeness (QED) is 0.464. The van der Waals surface area contributed by atoms with Gasteiger partial charge in [0.2, 0.25) is 5.91 Å². The molecule has 9 heteroatoms. The first-order valence-electron chi connectivity index (χ1n) is 10.2. The van der Waals surface area contributed by atoms with Crippen molar-refractivity contribution in [2.75, 3.05) is 6.61 Å². The number of nitrogens with one attached hydrogen (secondary N) is 1. The summed E-state index contributed by atoms with van der Waals surface area (Å²) in [5.74, 6) is -1.41. The van der Waals surface area contributed by atoms with Crippen LogP contribution >= 0.6 is 11.6 Å². The Bertz CT molecular complexity index is 791. The van der Waals surface area contributed by atoms with Gasteiger partial charge in [0.1, 0.15) is 18.0 Å². The molecular formula is C22H33ClN2O6. The fourth-order valence-corrected chi connectivity index (χ4v) is 3.03. The molecule has 174 valence electrons. The van der Waals surface area contributed by atoms with Gasteiger partial charge < -0.3 is 25.6 Å². The van der Waals surface area contributed by atoms with Gasteiger partial charge in [-0.2, -0.15) is 0 Å². The molecular weight excluding hydrogens is 424 g/mol. The van der Waals surface area contributed by atoms with Crippen molar-refractivity contribution in [2.24, 2.45) is 11.7 Å². The van der Waals surface area contributed by atoms with Crippen molar-refractivity contribution in [2.45, 2.75) is 71.9 Å². The van der Waals surface area contributed by atoms with Crippen molar-refractivity contribution >= 4 is 29.6 Å². The predicted octanol–water partition coefficient (Wildman–Crippen LogP) is 3.84. The van der Waals surface area contributed by atoms with Crippen molar-refractivity contribution < 1.29 is 29.0 Å². The fraction of sp³-hybridized carbons (Fsp3) is 0.591. The number of carbonyl (C=O) groups is 3. The van der Waals surface area contributed by atoms with Gasteiger partial charge >= 0.3 is 12.1 Å². The van der Waals surface area contributed by atoms with Gasteiger partial charge in [0.05, 0.1) is 17.0 Å². The Morgan fingerprint density at radius 3 is 2.42 bits per heavy atom. The van der Waals surface area contributed by atoms with Gasteiger partial charge in [-0.3, -0.25) is 9.59 Å². The summed E-state index contributed by atoms with van der Waals surface area (Å²) in [6.07, 6.45) is 0.666. The number of carbonyl (C=O) groups excluding carboxylic acids is 2. The highest BCUT2D eigenvalue weighted by Crippen LogP contribution is 2.31. The first kappa shape index (κ1) is 26.6. The molecule has 0 saturated carbocycles. The molecule has 0 heterocycles. The van der Waals surface area contributed by atoms with Crippen LogP contribution in [-0.2, 0) is 20.7 Å². The summed E-state index contributed by atoms with van der Waals surface area (Å²) >= 11 is 6.49. The number of benzene rings is 1. The number of aliphatic carboxylic acids is 1. The Morgan fingerprint density at radius 1 is 1.23 bits per heavy atom. The molecule has 0 aromatic heterocycles. The normalized spacial score (nSPS) is 13.2. The molecule has 1 aromatic rings. The number of carboxylic acids is 1. The Balaban J connectivity index is 2.89. The van der Waals surface area contributed by atoms with E-state index in [0.29, 0.717) is 23.6 Å². The smallest absolute Gasteiger partial charge is 0.407 e. The molecule has 8 nitrogen and oxygen atoms in total. The lowest BCUT2D eigenvalue weighted by atomic mass is 9.99. The molecule has 31 heavy (non-hydrogen) atoms. The number of nitrogens with two attached hydrogens (primary N) is 1. The summed E-state index contributed by atoms with van der Waals surface area (Å²) in [6.45, 7) is 8.84. The number of aryl methyl sites for hydroxylation is 2. The van der Waals surface area contributed by atoms with Crippen molar-refractivity contribution in [3.63, 3.8) is 0 Å². The predicted molar refractivity (Wildman–Crippen MR) is 118 cm³/mol. The van der Waals surface area contributed by atoms with Crippen LogP contribution in [0.1, 0.15) is 58.1 Å². The summed E-state index contributed by atoms with van der Waals surface area (Å²) in [5.41, 5.74) is 6.27. The maximum atomic E-state index is 12.1. The maximum Gasteiger partial charge on any atom is 0.407 e. The van der Waals surface area contributed by atoms with Gasteiger partial charge in [0.15, 0.2) is 0 Å². The minimum absolute atomic E-state index is 0.0562. The van der Waals surface area contributed by atoms with Crippen LogP contribution in [0.25, 0.3) is 0 Å². The van der Waals surface area contributed by atoms with Crippen molar-refractivity contribution in [1.82, 2.24) is 5.32 Å². The van der Waals surface area contributed by atoms with E-state index >= 15 is 0 Å². The van der Waals surface area contributed by atoms with Crippen LogP contribution in [0.2, 0.25) is 5.02 Å². The van der Waals surface area contributed by atoms with E-state index in [2.05, 4.69) is 5.32 Å². The molecule has 0 saturated heterocycles. The molecule has 0 aliphatic rings. The number of rotatable bonds is 11. The van der Waals surface area contributed by atoms with Gasteiger partial charge in [-0.1, -0.05) is 24.6 Å². The molecule has 4 N–H and O–H groups in total. The monoisotopic (exact) mass is 456 g/mol. The molecule has 2 atom stereocenters. The zero-order valence-corrected chi connectivity index (χ0v) is 19.5. The number of ether oxygens (including phenoxy) is 2. The number of amides is 2. The molecule has 0 bridgehead atoms. The average molecular weight is 457 g/mol. The number of carboxylic acid groups (broad SMARTS) is 1. The molecule has 0 spiro atoms. The highest BCUT2D eigenvalue weighted by atomic mass is 35.5. The zero-order valence-electron chi connectivity index (χ0n) is 18.8. The molecule has 0 radical (unpaired) electrons. The minimum atomic E-state index is -0.856. The van der Waals surface area contributed by atoms with E-state index in [0.717, 1.165) is 11.1 Å². The Kier molecular flexibility index (Phi) is 10.1. The average Bonchev–Trinajstić information content (AvgIpc) is 2.62. The number of hydrogen-bond acceptors (Lipinski definition) is 5. The van der Waals surface area contributed by atoms with Crippen molar-refractivity contribution in [1.29, 1.82) is 0 Å². The second-order valence-corrected chi connectivity index (χ2v) is 9.05. The number of alkyl carbamates (subject to hydrolysis) is 1.